The number of carbonyl (C=O) groups excluding carboxylic acids is 2. The first kappa shape index (κ1) is 17.0. The highest BCUT2D eigenvalue weighted by Gasteiger charge is 2.19. The summed E-state index contributed by atoms with van der Waals surface area (Å²) >= 11 is 3.07. The number of sulfonamides is 1. The van der Waals surface area contributed by atoms with Gasteiger partial charge >= 0.3 is 0 Å². The fourth-order valence-corrected chi connectivity index (χ4v) is 3.80. The molecule has 9 heteroatoms. The summed E-state index contributed by atoms with van der Waals surface area (Å²) in [4.78, 5) is 21.6. The first-order valence-corrected chi connectivity index (χ1v) is 8.42. The van der Waals surface area contributed by atoms with Crippen molar-refractivity contribution in [3.63, 3.8) is 0 Å². The monoisotopic (exact) mass is 397 g/mol. The minimum Gasteiger partial charge on any atom is -0.545 e. The third-order valence-electron chi connectivity index (χ3n) is 2.88. The number of hydrogen-bond donors (Lipinski definition) is 2. The SMILES string of the molecule is NC(=O)c1ccc(NS(=O)(=O)c2cc(C(=O)[O-])ccc2Br)cc1. The molecule has 2 aromatic carbocycles. The topological polar surface area (TPSA) is 129 Å². The quantitative estimate of drug-likeness (QED) is 0.767. The Balaban J connectivity index is 2.37. The molecule has 120 valence electrons. The third-order valence-corrected chi connectivity index (χ3v) is 5.25. The van der Waals surface area contributed by atoms with E-state index in [0.717, 1.165) is 6.07 Å². The predicted octanol–water partition coefficient (Wildman–Crippen LogP) is 0.712. The van der Waals surface area contributed by atoms with E-state index in [1.54, 1.807) is 0 Å². The van der Waals surface area contributed by atoms with Gasteiger partial charge in [0, 0.05) is 15.7 Å². The number of hydrogen-bond acceptors (Lipinski definition) is 5. The summed E-state index contributed by atoms with van der Waals surface area (Å²) in [7, 11) is -4.04. The number of anilines is 1. The van der Waals surface area contributed by atoms with Crippen molar-refractivity contribution in [2.24, 2.45) is 5.73 Å². The van der Waals surface area contributed by atoms with E-state index < -0.39 is 21.9 Å². The first-order chi connectivity index (χ1) is 10.7. The molecule has 0 saturated heterocycles. The molecule has 0 aromatic heterocycles. The van der Waals surface area contributed by atoms with Crippen molar-refractivity contribution in [1.29, 1.82) is 0 Å². The number of amides is 1. The van der Waals surface area contributed by atoms with Crippen LogP contribution < -0.4 is 15.6 Å². The maximum Gasteiger partial charge on any atom is 0.263 e. The Bertz CT molecular complexity index is 879. The van der Waals surface area contributed by atoms with Gasteiger partial charge in [-0.05, 0) is 57.9 Å². The van der Waals surface area contributed by atoms with Crippen molar-refractivity contribution >= 4 is 43.5 Å². The number of primary amides is 1. The Morgan fingerprint density at radius 3 is 2.13 bits per heavy atom. The highest BCUT2D eigenvalue weighted by Crippen LogP contribution is 2.25. The molecule has 0 fully saturated rings. The summed E-state index contributed by atoms with van der Waals surface area (Å²) in [6, 6.07) is 8.98. The Morgan fingerprint density at radius 1 is 1.04 bits per heavy atom. The minimum absolute atomic E-state index is 0.195. The highest BCUT2D eigenvalue weighted by molar-refractivity contribution is 9.10. The number of rotatable bonds is 5. The summed E-state index contributed by atoms with van der Waals surface area (Å²) < 4.78 is 27.2. The van der Waals surface area contributed by atoms with Crippen molar-refractivity contribution in [2.45, 2.75) is 4.90 Å². The number of nitrogens with two attached hydrogens (primary N) is 1. The normalized spacial score (nSPS) is 11.0. The lowest BCUT2D eigenvalue weighted by atomic mass is 10.2. The number of carboxylic acid groups (broad SMARTS) is 1. The van der Waals surface area contributed by atoms with Crippen LogP contribution in [0.5, 0.6) is 0 Å². The van der Waals surface area contributed by atoms with Crippen LogP contribution in [0.4, 0.5) is 5.69 Å². The number of halogens is 1. The van der Waals surface area contributed by atoms with Crippen LogP contribution in [0, 0.1) is 0 Å². The summed E-state index contributed by atoms with van der Waals surface area (Å²) in [6.07, 6.45) is 0. The van der Waals surface area contributed by atoms with Crippen molar-refractivity contribution in [2.75, 3.05) is 4.72 Å². The second-order valence-electron chi connectivity index (χ2n) is 4.48. The van der Waals surface area contributed by atoms with Gasteiger partial charge in [-0.2, -0.15) is 0 Å². The molecule has 2 rings (SSSR count). The van der Waals surface area contributed by atoms with E-state index in [-0.39, 0.29) is 26.2 Å². The molecular weight excluding hydrogens is 388 g/mol. The number of nitrogens with one attached hydrogen (secondary N) is 1. The average Bonchev–Trinajstić information content (AvgIpc) is 2.47. The molecule has 23 heavy (non-hydrogen) atoms. The van der Waals surface area contributed by atoms with Crippen LogP contribution in [0.25, 0.3) is 0 Å². The zero-order valence-corrected chi connectivity index (χ0v) is 13.8. The molecule has 0 aliphatic heterocycles. The molecule has 2 aromatic rings. The van der Waals surface area contributed by atoms with Gasteiger partial charge in [-0.3, -0.25) is 9.52 Å². The van der Waals surface area contributed by atoms with Gasteiger partial charge in [-0.25, -0.2) is 8.42 Å². The van der Waals surface area contributed by atoms with E-state index in [4.69, 9.17) is 5.73 Å². The van der Waals surface area contributed by atoms with Gasteiger partial charge in [0.15, 0.2) is 0 Å². The van der Waals surface area contributed by atoms with E-state index in [1.807, 2.05) is 0 Å². The molecule has 0 saturated carbocycles. The second-order valence-corrected chi connectivity index (χ2v) is 6.98. The highest BCUT2D eigenvalue weighted by atomic mass is 79.9. The van der Waals surface area contributed by atoms with Crippen molar-refractivity contribution in [3.05, 3.63) is 58.1 Å². The van der Waals surface area contributed by atoms with Crippen molar-refractivity contribution in [1.82, 2.24) is 0 Å². The molecule has 0 bridgehead atoms. The van der Waals surface area contributed by atoms with E-state index in [9.17, 15) is 23.1 Å². The second kappa shape index (κ2) is 6.39. The summed E-state index contributed by atoms with van der Waals surface area (Å²) in [5.74, 6) is -2.12. The molecule has 0 spiro atoms. The molecule has 0 unspecified atom stereocenters. The molecule has 1 amide bonds. The number of aromatic carboxylic acids is 1. The Hall–Kier alpha value is -2.39. The predicted molar refractivity (Wildman–Crippen MR) is 84.2 cm³/mol. The molecular formula is C14H10BrN2O5S-. The Labute approximate surface area is 140 Å². The molecule has 0 aliphatic carbocycles. The van der Waals surface area contributed by atoms with Crippen molar-refractivity contribution < 1.29 is 23.1 Å². The molecule has 0 radical (unpaired) electrons. The van der Waals surface area contributed by atoms with Crippen LogP contribution in [0.1, 0.15) is 20.7 Å². The van der Waals surface area contributed by atoms with Crippen LogP contribution >= 0.6 is 15.9 Å². The molecule has 0 heterocycles. The molecule has 3 N–H and O–H groups in total. The minimum atomic E-state index is -4.04. The molecule has 0 aliphatic rings. The lowest BCUT2D eigenvalue weighted by Crippen LogP contribution is -2.23. The van der Waals surface area contributed by atoms with Crippen LogP contribution in [-0.4, -0.2) is 20.3 Å². The summed E-state index contributed by atoms with van der Waals surface area (Å²) in [5.41, 5.74) is 5.26. The van der Waals surface area contributed by atoms with Gasteiger partial charge in [0.25, 0.3) is 10.0 Å². The van der Waals surface area contributed by atoms with Crippen LogP contribution in [-0.2, 0) is 10.0 Å². The smallest absolute Gasteiger partial charge is 0.263 e. The van der Waals surface area contributed by atoms with Gasteiger partial charge < -0.3 is 15.6 Å². The average molecular weight is 398 g/mol. The third kappa shape index (κ3) is 3.88. The fraction of sp³-hybridized carbons (Fsp3) is 0. The molecule has 7 nitrogen and oxygen atoms in total. The van der Waals surface area contributed by atoms with Gasteiger partial charge in [0.1, 0.15) is 4.90 Å². The zero-order valence-electron chi connectivity index (χ0n) is 11.4. The largest absolute Gasteiger partial charge is 0.545 e. The van der Waals surface area contributed by atoms with Crippen molar-refractivity contribution in [3.8, 4) is 0 Å². The maximum atomic E-state index is 12.4. The van der Waals surface area contributed by atoms with Gasteiger partial charge in [-0.1, -0.05) is 6.07 Å². The standard InChI is InChI=1S/C14H11BrN2O5S/c15-11-6-3-9(14(19)20)7-12(11)23(21,22)17-10-4-1-8(2-5-10)13(16)18/h1-7,17H,(H2,16,18)(H,19,20)/p-1. The van der Waals surface area contributed by atoms with Gasteiger partial charge in [-0.15, -0.1) is 0 Å². The van der Waals surface area contributed by atoms with E-state index in [2.05, 4.69) is 20.7 Å². The van der Waals surface area contributed by atoms with E-state index >= 15 is 0 Å². The summed E-state index contributed by atoms with van der Waals surface area (Å²) in [6.45, 7) is 0. The number of carbonyl (C=O) groups is 2. The van der Waals surface area contributed by atoms with Gasteiger partial charge in [0.05, 0.1) is 5.97 Å². The number of benzene rings is 2. The fourth-order valence-electron chi connectivity index (χ4n) is 1.75. The Morgan fingerprint density at radius 2 is 1.61 bits per heavy atom. The lowest BCUT2D eigenvalue weighted by molar-refractivity contribution is -0.255. The van der Waals surface area contributed by atoms with Crippen LogP contribution in [0.2, 0.25) is 0 Å². The molecule has 0 atom stereocenters. The Kier molecular flexibility index (Phi) is 4.71. The van der Waals surface area contributed by atoms with Gasteiger partial charge in [0.2, 0.25) is 5.91 Å². The van der Waals surface area contributed by atoms with Crippen LogP contribution in [0.15, 0.2) is 51.8 Å². The number of carboxylic acids is 1. The zero-order chi connectivity index (χ0) is 17.2. The van der Waals surface area contributed by atoms with Crippen LogP contribution in [0.3, 0.4) is 0 Å². The lowest BCUT2D eigenvalue weighted by Gasteiger charge is -2.12. The van der Waals surface area contributed by atoms with E-state index in [0.29, 0.717) is 0 Å². The summed E-state index contributed by atoms with van der Waals surface area (Å²) in [5, 5.41) is 10.9. The van der Waals surface area contributed by atoms with E-state index in [1.165, 1.54) is 36.4 Å². The maximum absolute atomic E-state index is 12.4. The first-order valence-electron chi connectivity index (χ1n) is 6.14.